The van der Waals surface area contributed by atoms with Crippen molar-refractivity contribution in [1.82, 2.24) is 15.5 Å². The summed E-state index contributed by atoms with van der Waals surface area (Å²) < 4.78 is 5.28. The van der Waals surface area contributed by atoms with Gasteiger partial charge in [0.25, 0.3) is 5.91 Å². The number of carbonyl (C=O) groups excluding carboxylic acids is 1. The highest BCUT2D eigenvalue weighted by Gasteiger charge is 2.37. The van der Waals surface area contributed by atoms with Crippen molar-refractivity contribution in [2.75, 3.05) is 26.2 Å². The van der Waals surface area contributed by atoms with Gasteiger partial charge in [-0.25, -0.2) is 0 Å². The van der Waals surface area contributed by atoms with Crippen LogP contribution in [0.15, 0.2) is 22.8 Å². The van der Waals surface area contributed by atoms with Crippen molar-refractivity contribution in [1.29, 1.82) is 0 Å². The van der Waals surface area contributed by atoms with Gasteiger partial charge in [0.2, 0.25) is 0 Å². The van der Waals surface area contributed by atoms with Crippen molar-refractivity contribution in [3.8, 4) is 0 Å². The van der Waals surface area contributed by atoms with E-state index < -0.39 is 0 Å². The Balaban J connectivity index is 1.27. The van der Waals surface area contributed by atoms with E-state index in [-0.39, 0.29) is 5.91 Å². The van der Waals surface area contributed by atoms with Crippen LogP contribution < -0.4 is 10.6 Å². The van der Waals surface area contributed by atoms with E-state index in [4.69, 9.17) is 4.42 Å². The molecule has 1 atom stereocenters. The minimum Gasteiger partial charge on any atom is -0.459 e. The van der Waals surface area contributed by atoms with Gasteiger partial charge in [-0.15, -0.1) is 0 Å². The van der Waals surface area contributed by atoms with E-state index in [1.54, 1.807) is 18.4 Å². The van der Waals surface area contributed by atoms with Gasteiger partial charge in [0, 0.05) is 25.2 Å². The third-order valence-electron chi connectivity index (χ3n) is 6.62. The number of rotatable bonds is 3. The molecule has 25 heavy (non-hydrogen) atoms. The molecule has 1 spiro atoms. The summed E-state index contributed by atoms with van der Waals surface area (Å²) in [5.41, 5.74) is 0.622. The molecule has 0 aromatic carbocycles. The van der Waals surface area contributed by atoms with Crippen molar-refractivity contribution in [2.24, 2.45) is 5.41 Å². The van der Waals surface area contributed by atoms with Crippen LogP contribution in [0.5, 0.6) is 0 Å². The molecule has 0 radical (unpaired) electrons. The molecular weight excluding hydrogens is 314 g/mol. The average Bonchev–Trinajstić information content (AvgIpc) is 3.19. The van der Waals surface area contributed by atoms with Crippen molar-refractivity contribution < 1.29 is 9.21 Å². The van der Waals surface area contributed by atoms with Crippen LogP contribution in [0, 0.1) is 5.41 Å². The summed E-state index contributed by atoms with van der Waals surface area (Å²) in [5, 5.41) is 7.37. The number of piperidine rings is 2. The lowest BCUT2D eigenvalue weighted by molar-refractivity contribution is 0.0638. The number of hydrogen-bond donors (Lipinski definition) is 2. The Bertz CT molecular complexity index is 556. The number of carbonyl (C=O) groups is 1. The molecule has 138 valence electrons. The van der Waals surface area contributed by atoms with Gasteiger partial charge in [0.1, 0.15) is 0 Å². The minimum absolute atomic E-state index is 0.0359. The fourth-order valence-electron chi connectivity index (χ4n) is 5.04. The predicted molar refractivity (Wildman–Crippen MR) is 97.6 cm³/mol. The lowest BCUT2D eigenvalue weighted by Crippen LogP contribution is -2.52. The van der Waals surface area contributed by atoms with Gasteiger partial charge in [-0.2, -0.15) is 0 Å². The third kappa shape index (κ3) is 3.93. The Morgan fingerprint density at radius 1 is 1.16 bits per heavy atom. The largest absolute Gasteiger partial charge is 0.459 e. The first-order valence-electron chi connectivity index (χ1n) is 10.0. The van der Waals surface area contributed by atoms with Crippen molar-refractivity contribution >= 4 is 5.91 Å². The van der Waals surface area contributed by atoms with E-state index >= 15 is 0 Å². The molecule has 1 saturated carbocycles. The zero-order valence-corrected chi connectivity index (χ0v) is 15.1. The van der Waals surface area contributed by atoms with Crippen LogP contribution in [0.25, 0.3) is 0 Å². The van der Waals surface area contributed by atoms with Crippen LogP contribution >= 0.6 is 0 Å². The Morgan fingerprint density at radius 2 is 1.96 bits per heavy atom. The summed E-state index contributed by atoms with van der Waals surface area (Å²) in [5.74, 6) is 0.500. The number of amides is 1. The van der Waals surface area contributed by atoms with E-state index in [0.29, 0.717) is 23.3 Å². The third-order valence-corrected chi connectivity index (χ3v) is 6.62. The van der Waals surface area contributed by atoms with Crippen LogP contribution in [0.1, 0.15) is 61.9 Å². The van der Waals surface area contributed by atoms with Crippen LogP contribution in [-0.4, -0.2) is 49.1 Å². The van der Waals surface area contributed by atoms with Crippen LogP contribution in [0.2, 0.25) is 0 Å². The Labute approximate surface area is 150 Å². The molecular formula is C20H31N3O2. The number of hydrogen-bond acceptors (Lipinski definition) is 4. The quantitative estimate of drug-likeness (QED) is 0.884. The highest BCUT2D eigenvalue weighted by Crippen LogP contribution is 2.43. The van der Waals surface area contributed by atoms with Gasteiger partial charge in [0.05, 0.1) is 6.26 Å². The van der Waals surface area contributed by atoms with Gasteiger partial charge in [0.15, 0.2) is 5.76 Å². The lowest BCUT2D eigenvalue weighted by Gasteiger charge is -2.44. The van der Waals surface area contributed by atoms with Crippen molar-refractivity contribution in [3.63, 3.8) is 0 Å². The van der Waals surface area contributed by atoms with E-state index in [1.165, 1.54) is 58.0 Å². The first kappa shape index (κ1) is 17.1. The van der Waals surface area contributed by atoms with E-state index in [0.717, 1.165) is 19.5 Å². The van der Waals surface area contributed by atoms with Crippen LogP contribution in [0.4, 0.5) is 0 Å². The van der Waals surface area contributed by atoms with Crippen molar-refractivity contribution in [3.05, 3.63) is 24.2 Å². The van der Waals surface area contributed by atoms with Gasteiger partial charge in [-0.05, 0) is 82.0 Å². The molecule has 2 aliphatic heterocycles. The normalized spacial score (nSPS) is 27.5. The minimum atomic E-state index is 0.0359. The maximum atomic E-state index is 12.5. The fourth-order valence-corrected chi connectivity index (χ4v) is 5.04. The monoisotopic (exact) mass is 345 g/mol. The number of nitrogens with zero attached hydrogens (tertiary/aromatic N) is 1. The van der Waals surface area contributed by atoms with Crippen LogP contribution in [-0.2, 0) is 0 Å². The molecule has 5 nitrogen and oxygen atoms in total. The number of furan rings is 1. The van der Waals surface area contributed by atoms with Gasteiger partial charge < -0.3 is 20.0 Å². The Hall–Kier alpha value is -1.33. The summed E-state index contributed by atoms with van der Waals surface area (Å²) in [6.07, 6.45) is 11.9. The van der Waals surface area contributed by atoms with Crippen LogP contribution in [0.3, 0.4) is 0 Å². The zero-order valence-electron chi connectivity index (χ0n) is 15.1. The SMILES string of the molecule is O=C(c1ccco1)N1CCC[C@H](NC2CCC3(CCNCC3)CC2)C1. The molecule has 3 aliphatic rings. The van der Waals surface area contributed by atoms with Crippen molar-refractivity contribution in [2.45, 2.75) is 63.5 Å². The number of nitrogens with one attached hydrogen (secondary N) is 2. The number of likely N-dealkylation sites (tertiary alicyclic amines) is 1. The molecule has 4 rings (SSSR count). The maximum Gasteiger partial charge on any atom is 0.289 e. The summed E-state index contributed by atoms with van der Waals surface area (Å²) in [6.45, 7) is 4.05. The molecule has 0 unspecified atom stereocenters. The first-order valence-corrected chi connectivity index (χ1v) is 10.0. The maximum absolute atomic E-state index is 12.5. The topological polar surface area (TPSA) is 57.5 Å². The highest BCUT2D eigenvalue weighted by atomic mass is 16.3. The molecule has 1 aromatic heterocycles. The molecule has 3 fully saturated rings. The lowest BCUT2D eigenvalue weighted by atomic mass is 9.67. The fraction of sp³-hybridized carbons (Fsp3) is 0.750. The second-order valence-corrected chi connectivity index (χ2v) is 8.26. The zero-order chi connectivity index (χ0) is 17.1. The van der Waals surface area contributed by atoms with Gasteiger partial charge in [-0.1, -0.05) is 0 Å². The Morgan fingerprint density at radius 3 is 2.68 bits per heavy atom. The molecule has 5 heteroatoms. The summed E-state index contributed by atoms with van der Waals surface area (Å²) in [7, 11) is 0. The summed E-state index contributed by atoms with van der Waals surface area (Å²) >= 11 is 0. The predicted octanol–water partition coefficient (Wildman–Crippen LogP) is 2.79. The summed E-state index contributed by atoms with van der Waals surface area (Å²) in [6, 6.07) is 4.61. The standard InChI is InChI=1S/C20H31N3O2/c24-19(18-4-2-14-25-18)23-13-1-3-17(15-23)22-16-5-7-20(8-6-16)9-11-21-12-10-20/h2,4,14,16-17,21-22H,1,3,5-13,15H2/t17-/m0/s1. The molecule has 2 saturated heterocycles. The molecule has 1 aromatic rings. The molecule has 2 N–H and O–H groups in total. The first-order chi connectivity index (χ1) is 12.2. The highest BCUT2D eigenvalue weighted by molar-refractivity contribution is 5.91. The van der Waals surface area contributed by atoms with E-state index in [2.05, 4.69) is 10.6 Å². The second-order valence-electron chi connectivity index (χ2n) is 8.26. The van der Waals surface area contributed by atoms with Gasteiger partial charge >= 0.3 is 0 Å². The van der Waals surface area contributed by atoms with Gasteiger partial charge in [-0.3, -0.25) is 4.79 Å². The van der Waals surface area contributed by atoms with E-state index in [9.17, 15) is 4.79 Å². The van der Waals surface area contributed by atoms with E-state index in [1.807, 2.05) is 4.90 Å². The molecule has 1 amide bonds. The smallest absolute Gasteiger partial charge is 0.289 e. The Kier molecular flexibility index (Phi) is 5.13. The summed E-state index contributed by atoms with van der Waals surface area (Å²) in [4.78, 5) is 14.5. The average molecular weight is 345 g/mol. The molecule has 1 aliphatic carbocycles. The molecule has 3 heterocycles. The second kappa shape index (κ2) is 7.50. The molecule has 0 bridgehead atoms.